The van der Waals surface area contributed by atoms with Crippen molar-refractivity contribution in [1.29, 1.82) is 0 Å². The lowest BCUT2D eigenvalue weighted by Crippen LogP contribution is -2.44. The Hall–Kier alpha value is -1.59. The number of nitrogens with zero attached hydrogens (tertiary/aromatic N) is 1. The maximum absolute atomic E-state index is 10.1. The molecule has 0 aromatic heterocycles. The van der Waals surface area contributed by atoms with Gasteiger partial charge in [0.2, 0.25) is 0 Å². The van der Waals surface area contributed by atoms with Gasteiger partial charge in [0.1, 0.15) is 0 Å². The molecule has 5 heteroatoms. The summed E-state index contributed by atoms with van der Waals surface area (Å²) in [6, 6.07) is 10.3. The van der Waals surface area contributed by atoms with Crippen LogP contribution in [-0.4, -0.2) is 42.9 Å². The third-order valence-corrected chi connectivity index (χ3v) is 3.98. The van der Waals surface area contributed by atoms with Gasteiger partial charge in [0, 0.05) is 12.6 Å². The second kappa shape index (κ2) is 11.0. The van der Waals surface area contributed by atoms with Crippen LogP contribution in [0, 0.1) is 5.92 Å². The maximum Gasteiger partial charge on any atom is 0.191 e. The quantitative estimate of drug-likeness (QED) is 0.479. The molecule has 3 unspecified atom stereocenters. The lowest BCUT2D eigenvalue weighted by molar-refractivity contribution is 0.00111. The third kappa shape index (κ3) is 7.79. The minimum atomic E-state index is -0.624. The maximum atomic E-state index is 10.1. The van der Waals surface area contributed by atoms with Gasteiger partial charge >= 0.3 is 0 Å². The van der Waals surface area contributed by atoms with Crippen molar-refractivity contribution in [2.24, 2.45) is 10.9 Å². The molecule has 0 bridgehead atoms. The number of nitrogens with one attached hydrogen (secondary N) is 2. The fourth-order valence-electron chi connectivity index (χ4n) is 2.03. The summed E-state index contributed by atoms with van der Waals surface area (Å²) in [5, 5.41) is 16.7. The first-order chi connectivity index (χ1) is 11.4. The van der Waals surface area contributed by atoms with E-state index >= 15 is 0 Å². The van der Waals surface area contributed by atoms with E-state index in [0.717, 1.165) is 18.1 Å². The van der Waals surface area contributed by atoms with Crippen LogP contribution >= 0.6 is 0 Å². The number of hydrogen-bond acceptors (Lipinski definition) is 3. The Balaban J connectivity index is 2.44. The SMILES string of the molecule is CCNC(=NCC(O)COC(C)c1ccccc1)NC(C)C(C)C. The number of ether oxygens (including phenoxy) is 1. The summed E-state index contributed by atoms with van der Waals surface area (Å²) in [6.45, 7) is 11.8. The molecule has 0 aliphatic heterocycles. The predicted octanol–water partition coefficient (Wildman–Crippen LogP) is 2.72. The molecule has 3 atom stereocenters. The van der Waals surface area contributed by atoms with Gasteiger partial charge < -0.3 is 20.5 Å². The average Bonchev–Trinajstić information content (AvgIpc) is 2.58. The highest BCUT2D eigenvalue weighted by molar-refractivity contribution is 5.80. The van der Waals surface area contributed by atoms with E-state index in [1.807, 2.05) is 44.2 Å². The normalized spacial score (nSPS) is 15.9. The molecule has 0 saturated heterocycles. The summed E-state index contributed by atoms with van der Waals surface area (Å²) in [7, 11) is 0. The number of guanidine groups is 1. The fourth-order valence-corrected chi connectivity index (χ4v) is 2.03. The molecule has 0 aliphatic rings. The van der Waals surface area contributed by atoms with Crippen molar-refractivity contribution in [1.82, 2.24) is 10.6 Å². The van der Waals surface area contributed by atoms with Gasteiger partial charge in [-0.2, -0.15) is 0 Å². The summed E-state index contributed by atoms with van der Waals surface area (Å²) in [4.78, 5) is 4.45. The van der Waals surface area contributed by atoms with Gasteiger partial charge in [0.25, 0.3) is 0 Å². The molecule has 0 heterocycles. The molecule has 24 heavy (non-hydrogen) atoms. The molecule has 0 amide bonds. The van der Waals surface area contributed by atoms with Crippen LogP contribution in [0.15, 0.2) is 35.3 Å². The molecule has 0 radical (unpaired) electrons. The van der Waals surface area contributed by atoms with Crippen molar-refractivity contribution >= 4 is 5.96 Å². The number of aliphatic hydroxyl groups is 1. The minimum absolute atomic E-state index is 0.0443. The van der Waals surface area contributed by atoms with Gasteiger partial charge in [-0.1, -0.05) is 44.2 Å². The zero-order valence-electron chi connectivity index (χ0n) is 15.6. The highest BCUT2D eigenvalue weighted by Gasteiger charge is 2.12. The molecule has 1 aromatic rings. The van der Waals surface area contributed by atoms with E-state index in [0.29, 0.717) is 18.5 Å². The molecule has 1 rings (SSSR count). The third-order valence-electron chi connectivity index (χ3n) is 3.98. The van der Waals surface area contributed by atoms with E-state index < -0.39 is 6.10 Å². The van der Waals surface area contributed by atoms with Crippen LogP contribution in [0.1, 0.15) is 46.3 Å². The molecule has 5 nitrogen and oxygen atoms in total. The summed E-state index contributed by atoms with van der Waals surface area (Å²) < 4.78 is 5.74. The average molecular weight is 335 g/mol. The fraction of sp³-hybridized carbons (Fsp3) is 0.632. The number of aliphatic hydroxyl groups excluding tert-OH is 1. The summed E-state index contributed by atoms with van der Waals surface area (Å²) >= 11 is 0. The summed E-state index contributed by atoms with van der Waals surface area (Å²) in [5.74, 6) is 1.24. The van der Waals surface area contributed by atoms with E-state index in [-0.39, 0.29) is 12.7 Å². The van der Waals surface area contributed by atoms with Crippen molar-refractivity contribution in [2.45, 2.75) is 52.9 Å². The molecule has 3 N–H and O–H groups in total. The van der Waals surface area contributed by atoms with Crippen LogP contribution in [-0.2, 0) is 4.74 Å². The molecular weight excluding hydrogens is 302 g/mol. The van der Waals surface area contributed by atoms with Gasteiger partial charge in [0.05, 0.1) is 25.4 Å². The second-order valence-corrected chi connectivity index (χ2v) is 6.44. The Labute approximate surface area is 146 Å². The lowest BCUT2D eigenvalue weighted by Gasteiger charge is -2.21. The van der Waals surface area contributed by atoms with Crippen LogP contribution in [0.3, 0.4) is 0 Å². The van der Waals surface area contributed by atoms with E-state index in [1.54, 1.807) is 0 Å². The molecule has 0 saturated carbocycles. The summed E-state index contributed by atoms with van der Waals surface area (Å²) in [5.41, 5.74) is 1.11. The smallest absolute Gasteiger partial charge is 0.191 e. The Kier molecular flexibility index (Phi) is 9.42. The Bertz CT molecular complexity index is 477. The van der Waals surface area contributed by atoms with Crippen LogP contribution in [0.25, 0.3) is 0 Å². The van der Waals surface area contributed by atoms with Gasteiger partial charge in [-0.05, 0) is 32.3 Å². The molecule has 0 spiro atoms. The van der Waals surface area contributed by atoms with Gasteiger partial charge in [-0.15, -0.1) is 0 Å². The van der Waals surface area contributed by atoms with Crippen molar-refractivity contribution in [2.75, 3.05) is 19.7 Å². The monoisotopic (exact) mass is 335 g/mol. The van der Waals surface area contributed by atoms with Gasteiger partial charge in [0.15, 0.2) is 5.96 Å². The Morgan fingerprint density at radius 1 is 1.17 bits per heavy atom. The second-order valence-electron chi connectivity index (χ2n) is 6.44. The van der Waals surface area contributed by atoms with Gasteiger partial charge in [-0.3, -0.25) is 4.99 Å². The van der Waals surface area contributed by atoms with Crippen molar-refractivity contribution < 1.29 is 9.84 Å². The lowest BCUT2D eigenvalue weighted by atomic mass is 10.1. The Morgan fingerprint density at radius 3 is 2.42 bits per heavy atom. The predicted molar refractivity (Wildman–Crippen MR) is 100 cm³/mol. The highest BCUT2D eigenvalue weighted by atomic mass is 16.5. The number of aliphatic imine (C=N–C) groups is 1. The molecule has 136 valence electrons. The number of rotatable bonds is 9. The van der Waals surface area contributed by atoms with Crippen molar-refractivity contribution in [3.8, 4) is 0 Å². The van der Waals surface area contributed by atoms with Crippen LogP contribution in [0.2, 0.25) is 0 Å². The van der Waals surface area contributed by atoms with Crippen molar-refractivity contribution in [3.63, 3.8) is 0 Å². The number of benzene rings is 1. The first-order valence-electron chi connectivity index (χ1n) is 8.83. The van der Waals surface area contributed by atoms with E-state index in [1.165, 1.54) is 0 Å². The highest BCUT2D eigenvalue weighted by Crippen LogP contribution is 2.15. The van der Waals surface area contributed by atoms with E-state index in [9.17, 15) is 5.11 Å². The zero-order chi connectivity index (χ0) is 17.9. The topological polar surface area (TPSA) is 65.9 Å². The number of hydrogen-bond donors (Lipinski definition) is 3. The standard InChI is InChI=1S/C19H33N3O2/c1-6-20-19(22-15(4)14(2)3)21-12-18(23)13-24-16(5)17-10-8-7-9-11-17/h7-11,14-16,18,23H,6,12-13H2,1-5H3,(H2,20,21,22). The first kappa shape index (κ1) is 20.5. The largest absolute Gasteiger partial charge is 0.389 e. The molecule has 0 fully saturated rings. The summed E-state index contributed by atoms with van der Waals surface area (Å²) in [6.07, 6.45) is -0.668. The van der Waals surface area contributed by atoms with Crippen molar-refractivity contribution in [3.05, 3.63) is 35.9 Å². The van der Waals surface area contributed by atoms with Crippen LogP contribution < -0.4 is 10.6 Å². The first-order valence-corrected chi connectivity index (χ1v) is 8.83. The molecule has 1 aromatic carbocycles. The molecular formula is C19H33N3O2. The molecule has 0 aliphatic carbocycles. The van der Waals surface area contributed by atoms with Crippen LogP contribution in [0.5, 0.6) is 0 Å². The van der Waals surface area contributed by atoms with E-state index in [4.69, 9.17) is 4.74 Å². The van der Waals surface area contributed by atoms with Crippen LogP contribution in [0.4, 0.5) is 0 Å². The van der Waals surface area contributed by atoms with Gasteiger partial charge in [-0.25, -0.2) is 0 Å². The Morgan fingerprint density at radius 2 is 1.83 bits per heavy atom. The minimum Gasteiger partial charge on any atom is -0.389 e. The zero-order valence-corrected chi connectivity index (χ0v) is 15.6. The van der Waals surface area contributed by atoms with E-state index in [2.05, 4.69) is 36.4 Å².